The van der Waals surface area contributed by atoms with Crippen molar-refractivity contribution < 1.29 is 44.1 Å². The van der Waals surface area contributed by atoms with Crippen molar-refractivity contribution in [1.29, 1.82) is 0 Å². The number of phenols is 2. The van der Waals surface area contributed by atoms with Crippen LogP contribution in [-0.4, -0.2) is 113 Å². The number of rotatable bonds is 15. The number of likely N-dealkylation sites (tertiary alicyclic amines) is 1. The number of aryl methyl sites for hydroxylation is 1. The minimum atomic E-state index is -1.77. The molecule has 0 spiro atoms. The van der Waals surface area contributed by atoms with E-state index < -0.39 is 58.8 Å². The number of oxime groups is 1. The average Bonchev–Trinajstić information content (AvgIpc) is 3.90. The number of likely N-dealkylation sites (N-methyl/N-ethyl adjacent to an activating group) is 1. The Kier molecular flexibility index (Phi) is 11.5. The van der Waals surface area contributed by atoms with Crippen LogP contribution in [0.5, 0.6) is 11.5 Å². The zero-order chi connectivity index (χ0) is 38.6. The first-order chi connectivity index (χ1) is 25.1. The molecule has 2 atom stereocenters. The van der Waals surface area contributed by atoms with Gasteiger partial charge < -0.3 is 46.7 Å². The molecule has 5 rings (SSSR count). The first-order valence-corrected chi connectivity index (χ1v) is 17.7. The van der Waals surface area contributed by atoms with Gasteiger partial charge in [0, 0.05) is 43.8 Å². The number of nitrogen functional groups attached to an aromatic ring is 1. The summed E-state index contributed by atoms with van der Waals surface area (Å²) in [6, 6.07) is 0.800. The van der Waals surface area contributed by atoms with Crippen LogP contribution in [0, 0.1) is 0 Å². The Hall–Kier alpha value is -5.80. The number of nitrogens with zero attached hydrogens (tertiary/aromatic N) is 6. The van der Waals surface area contributed by atoms with Crippen LogP contribution in [0.2, 0.25) is 5.02 Å². The lowest BCUT2D eigenvalue weighted by molar-refractivity contribution is -0.161. The van der Waals surface area contributed by atoms with Crippen LogP contribution >= 0.6 is 34.3 Å². The highest BCUT2D eigenvalue weighted by Crippen LogP contribution is 2.35. The van der Waals surface area contributed by atoms with Crippen LogP contribution in [0.15, 0.2) is 41.3 Å². The van der Waals surface area contributed by atoms with Gasteiger partial charge in [0.05, 0.1) is 29.0 Å². The van der Waals surface area contributed by atoms with Gasteiger partial charge in [0.1, 0.15) is 21.6 Å². The van der Waals surface area contributed by atoms with E-state index in [-0.39, 0.29) is 45.1 Å². The topological polar surface area (TPSA) is 277 Å². The van der Waals surface area contributed by atoms with Crippen molar-refractivity contribution in [3.05, 3.63) is 57.3 Å². The van der Waals surface area contributed by atoms with Gasteiger partial charge in [-0.1, -0.05) is 16.8 Å². The monoisotopic (exact) mass is 788 g/mol. The second-order valence-corrected chi connectivity index (χ2v) is 14.3. The maximum Gasteiger partial charge on any atom is 0.350 e. The Balaban J connectivity index is 1.13. The number of carbonyl (C=O) groups is 5. The third-order valence-corrected chi connectivity index (χ3v) is 10.0. The number of hydrogen-bond donors (Lipinski definition) is 7. The first-order valence-electron chi connectivity index (χ1n) is 15.6. The van der Waals surface area contributed by atoms with E-state index in [2.05, 4.69) is 36.2 Å². The second kappa shape index (κ2) is 15.8. The summed E-state index contributed by atoms with van der Waals surface area (Å²) in [7, 11) is 1.52. The average molecular weight is 789 g/mol. The van der Waals surface area contributed by atoms with Crippen LogP contribution < -0.4 is 21.7 Å². The lowest BCUT2D eigenvalue weighted by atomic mass is 9.95. The largest absolute Gasteiger partial charge is 0.504 e. The van der Waals surface area contributed by atoms with Crippen molar-refractivity contribution in [3.63, 3.8) is 0 Å². The zero-order valence-electron chi connectivity index (χ0n) is 28.2. The molecule has 22 heteroatoms. The molecule has 1 fully saturated rings. The summed E-state index contributed by atoms with van der Waals surface area (Å²) in [5, 5.41) is 46.5. The van der Waals surface area contributed by atoms with Gasteiger partial charge >= 0.3 is 5.97 Å². The summed E-state index contributed by atoms with van der Waals surface area (Å²) in [5.74, 6) is -4.59. The number of β-lactam (4-membered cyclic amide) rings is 1. The van der Waals surface area contributed by atoms with Gasteiger partial charge in [-0.05, 0) is 32.4 Å². The molecule has 4 amide bonds. The third-order valence-electron chi connectivity index (χ3n) is 7.91. The standard InChI is InChI=1S/C31H33ClN10O9S2/c1-31(2,29(49)50)51-40-21(16-13-52-30(33)38-16)26(47)39-22-17(41(3)28(22)48)10-35-25(46)19-11-36-27(53-19)14-9-37-42(12-14)8-4-7-34-24(45)15-5-6-18(43)23(44)20(15)32/h5-6,9,11-13,17,22,43-44H,4,7-8,10H2,1-3H3,(H2,33,38)(H,34,45)(H,35,46)(H,39,47)(H,49,50)/b40-21-/t17-,22+/m1/s1. The molecule has 4 heterocycles. The van der Waals surface area contributed by atoms with Crippen molar-refractivity contribution in [2.75, 3.05) is 25.9 Å². The number of anilines is 1. The molecule has 280 valence electrons. The van der Waals surface area contributed by atoms with Gasteiger partial charge in [0.25, 0.3) is 17.7 Å². The summed E-state index contributed by atoms with van der Waals surface area (Å²) in [6.07, 6.45) is 5.24. The van der Waals surface area contributed by atoms with Gasteiger partial charge in [0.2, 0.25) is 11.5 Å². The predicted octanol–water partition coefficient (Wildman–Crippen LogP) is 1.27. The lowest BCUT2D eigenvalue weighted by Gasteiger charge is -2.45. The summed E-state index contributed by atoms with van der Waals surface area (Å²) >= 11 is 8.09. The number of nitrogens with one attached hydrogen (secondary N) is 3. The summed E-state index contributed by atoms with van der Waals surface area (Å²) in [6.45, 7) is 3.18. The molecular formula is C31H33ClN10O9S2. The quantitative estimate of drug-likeness (QED) is 0.0294. The van der Waals surface area contributed by atoms with Crippen molar-refractivity contribution in [2.24, 2.45) is 5.16 Å². The fourth-order valence-electron chi connectivity index (χ4n) is 4.77. The molecule has 53 heavy (non-hydrogen) atoms. The first kappa shape index (κ1) is 38.4. The van der Waals surface area contributed by atoms with Crippen LogP contribution in [0.3, 0.4) is 0 Å². The number of nitrogens with two attached hydrogens (primary N) is 1. The number of aromatic nitrogens is 4. The summed E-state index contributed by atoms with van der Waals surface area (Å²) in [4.78, 5) is 78.1. The molecule has 1 aliphatic heterocycles. The molecule has 0 aliphatic carbocycles. The third kappa shape index (κ3) is 8.64. The van der Waals surface area contributed by atoms with E-state index in [1.807, 2.05) is 0 Å². The molecule has 1 aromatic carbocycles. The number of amides is 4. The van der Waals surface area contributed by atoms with E-state index in [1.165, 1.54) is 49.5 Å². The highest BCUT2D eigenvalue weighted by molar-refractivity contribution is 7.16. The molecule has 0 radical (unpaired) electrons. The SMILES string of the molecule is CN1C(=O)[C@@H](NC(=O)/C(=N\OC(C)(C)C(=O)O)c2csc(N)n2)[C@H]1CNC(=O)c1cnc(-c2cnn(CCCNC(=O)c3ccc(O)c(O)c3Cl)c2)s1. The molecule has 0 saturated carbocycles. The van der Waals surface area contributed by atoms with Crippen LogP contribution in [0.4, 0.5) is 5.13 Å². The molecule has 1 saturated heterocycles. The number of halogens is 1. The Bertz CT molecular complexity index is 2100. The van der Waals surface area contributed by atoms with Gasteiger partial charge in [-0.3, -0.25) is 23.9 Å². The van der Waals surface area contributed by atoms with Crippen molar-refractivity contribution in [1.82, 2.24) is 40.6 Å². The van der Waals surface area contributed by atoms with E-state index in [9.17, 15) is 39.3 Å². The van der Waals surface area contributed by atoms with Gasteiger partial charge in [-0.2, -0.15) is 5.10 Å². The molecule has 3 aromatic heterocycles. The van der Waals surface area contributed by atoms with Crippen LogP contribution in [0.25, 0.3) is 10.6 Å². The molecule has 19 nitrogen and oxygen atoms in total. The second-order valence-electron chi connectivity index (χ2n) is 12.0. The molecule has 0 bridgehead atoms. The summed E-state index contributed by atoms with van der Waals surface area (Å²) < 4.78 is 1.65. The van der Waals surface area contributed by atoms with E-state index in [1.54, 1.807) is 17.1 Å². The zero-order valence-corrected chi connectivity index (χ0v) is 30.6. The number of thiazole rings is 2. The molecule has 8 N–H and O–H groups in total. The smallest absolute Gasteiger partial charge is 0.350 e. The predicted molar refractivity (Wildman–Crippen MR) is 192 cm³/mol. The van der Waals surface area contributed by atoms with Crippen molar-refractivity contribution in [3.8, 4) is 22.1 Å². The highest BCUT2D eigenvalue weighted by atomic mass is 35.5. The summed E-state index contributed by atoms with van der Waals surface area (Å²) in [5.41, 5.74) is 4.25. The fourth-order valence-corrected chi connectivity index (χ4v) is 6.37. The van der Waals surface area contributed by atoms with Crippen LogP contribution in [0.1, 0.15) is 46.0 Å². The minimum Gasteiger partial charge on any atom is -0.504 e. The Labute approximate surface area is 313 Å². The van der Waals surface area contributed by atoms with Gasteiger partial charge in [-0.25, -0.2) is 14.8 Å². The molecule has 4 aromatic rings. The Morgan fingerprint density at radius 1 is 1.15 bits per heavy atom. The maximum absolute atomic E-state index is 13.3. The number of carboxylic acids is 1. The molecule has 1 aliphatic rings. The highest BCUT2D eigenvalue weighted by Gasteiger charge is 2.46. The maximum atomic E-state index is 13.3. The number of aromatic hydroxyl groups is 2. The minimum absolute atomic E-state index is 0.0199. The Morgan fingerprint density at radius 3 is 2.60 bits per heavy atom. The van der Waals surface area contributed by atoms with E-state index in [0.29, 0.717) is 23.5 Å². The number of carboxylic acid groups (broad SMARTS) is 1. The number of carbonyl (C=O) groups excluding carboxylic acids is 4. The van der Waals surface area contributed by atoms with E-state index in [4.69, 9.17) is 22.2 Å². The molecular weight excluding hydrogens is 756 g/mol. The van der Waals surface area contributed by atoms with Crippen molar-refractivity contribution >= 4 is 74.7 Å². The van der Waals surface area contributed by atoms with Gasteiger partial charge in [0.15, 0.2) is 22.3 Å². The van der Waals surface area contributed by atoms with E-state index >= 15 is 0 Å². The van der Waals surface area contributed by atoms with Crippen LogP contribution in [-0.2, 0) is 25.8 Å². The lowest BCUT2D eigenvalue weighted by Crippen LogP contribution is -2.72. The number of hydrogen-bond acceptors (Lipinski definition) is 15. The normalized spacial score (nSPS) is 15.8. The number of phenolic OH excluding ortho intramolecular Hbond substituents is 2. The number of aliphatic carboxylic acids is 1. The number of benzene rings is 1. The Morgan fingerprint density at radius 2 is 1.91 bits per heavy atom. The molecule has 0 unspecified atom stereocenters. The van der Waals surface area contributed by atoms with Crippen molar-refractivity contribution in [2.45, 2.75) is 44.5 Å². The fraction of sp³-hybridized carbons (Fsp3) is 0.323. The van der Waals surface area contributed by atoms with Gasteiger partial charge in [-0.15, -0.1) is 22.7 Å². The van der Waals surface area contributed by atoms with E-state index in [0.717, 1.165) is 22.7 Å².